The minimum absolute atomic E-state index is 0.244. The summed E-state index contributed by atoms with van der Waals surface area (Å²) in [7, 11) is 1.67. The molecule has 0 aromatic heterocycles. The fraction of sp³-hybridized carbons (Fsp3) is 0.552. The van der Waals surface area contributed by atoms with Gasteiger partial charge in [0.15, 0.2) is 0 Å². The smallest absolute Gasteiger partial charge is 0.227 e. The van der Waals surface area contributed by atoms with Gasteiger partial charge in [-0.25, -0.2) is 0 Å². The van der Waals surface area contributed by atoms with Crippen LogP contribution < -0.4 is 4.74 Å². The van der Waals surface area contributed by atoms with Gasteiger partial charge in [-0.05, 0) is 62.4 Å². The monoisotopic (exact) mass is 450 g/mol. The number of rotatable bonds is 12. The van der Waals surface area contributed by atoms with E-state index < -0.39 is 0 Å². The predicted molar refractivity (Wildman–Crippen MR) is 137 cm³/mol. The van der Waals surface area contributed by atoms with Crippen molar-refractivity contribution in [3.05, 3.63) is 65.2 Å². The average molecular weight is 451 g/mol. The molecule has 2 aromatic carbocycles. The summed E-state index contributed by atoms with van der Waals surface area (Å²) in [4.78, 5) is 18.2. The Morgan fingerprint density at radius 2 is 1.64 bits per heavy atom. The Morgan fingerprint density at radius 1 is 0.970 bits per heavy atom. The summed E-state index contributed by atoms with van der Waals surface area (Å²) < 4.78 is 5.26. The van der Waals surface area contributed by atoms with Crippen LogP contribution in [0.25, 0.3) is 0 Å². The lowest BCUT2D eigenvalue weighted by Crippen LogP contribution is -2.48. The molecular formula is C29H42N2O2. The zero-order chi connectivity index (χ0) is 23.5. The fourth-order valence-corrected chi connectivity index (χ4v) is 4.75. The minimum atomic E-state index is 0.244. The van der Waals surface area contributed by atoms with E-state index in [1.807, 2.05) is 24.3 Å². The van der Waals surface area contributed by atoms with Crippen LogP contribution in [0.2, 0.25) is 0 Å². The fourth-order valence-electron chi connectivity index (χ4n) is 4.75. The SMILES string of the molecule is CCCCCCN1CCC(N(CCc2ccc(C)cc2)C(=O)Cc2ccc(OC)cc2)CC1. The Labute approximate surface area is 200 Å². The number of aryl methyl sites for hydroxylation is 1. The number of likely N-dealkylation sites (tertiary alicyclic amines) is 1. The van der Waals surface area contributed by atoms with Gasteiger partial charge in [-0.2, -0.15) is 0 Å². The number of carbonyl (C=O) groups is 1. The summed E-state index contributed by atoms with van der Waals surface area (Å²) in [5.41, 5.74) is 3.63. The zero-order valence-corrected chi connectivity index (χ0v) is 20.9. The number of piperidine rings is 1. The highest BCUT2D eigenvalue weighted by Crippen LogP contribution is 2.20. The summed E-state index contributed by atoms with van der Waals surface area (Å²) in [5.74, 6) is 1.07. The molecule has 1 saturated heterocycles. The first kappa shape index (κ1) is 25.3. The third kappa shape index (κ3) is 8.19. The molecule has 33 heavy (non-hydrogen) atoms. The van der Waals surface area contributed by atoms with E-state index in [1.165, 1.54) is 43.4 Å². The number of nitrogens with zero attached hydrogens (tertiary/aromatic N) is 2. The lowest BCUT2D eigenvalue weighted by molar-refractivity contribution is -0.133. The van der Waals surface area contributed by atoms with Crippen molar-refractivity contribution >= 4 is 5.91 Å². The summed E-state index contributed by atoms with van der Waals surface area (Å²) in [6.07, 6.45) is 8.77. The standard InChI is InChI=1S/C29H42N2O2/c1-4-5-6-7-19-30-20-17-27(18-21-30)31(22-16-25-10-8-24(2)9-11-25)29(32)23-26-12-14-28(33-3)15-13-26/h8-15,27H,4-7,16-23H2,1-3H3. The minimum Gasteiger partial charge on any atom is -0.497 e. The Bertz CT molecular complexity index is 824. The van der Waals surface area contributed by atoms with Crippen LogP contribution in [0, 0.1) is 6.92 Å². The summed E-state index contributed by atoms with van der Waals surface area (Å²) in [5, 5.41) is 0. The maximum atomic E-state index is 13.4. The van der Waals surface area contributed by atoms with Crippen molar-refractivity contribution in [2.24, 2.45) is 0 Å². The van der Waals surface area contributed by atoms with Crippen molar-refractivity contribution in [3.8, 4) is 5.75 Å². The van der Waals surface area contributed by atoms with Gasteiger partial charge in [0, 0.05) is 25.7 Å². The molecule has 3 rings (SSSR count). The maximum Gasteiger partial charge on any atom is 0.227 e. The molecule has 1 amide bonds. The molecule has 0 saturated carbocycles. The van der Waals surface area contributed by atoms with Crippen LogP contribution in [0.5, 0.6) is 5.75 Å². The molecular weight excluding hydrogens is 408 g/mol. The highest BCUT2D eigenvalue weighted by molar-refractivity contribution is 5.79. The van der Waals surface area contributed by atoms with Crippen LogP contribution in [0.3, 0.4) is 0 Å². The summed E-state index contributed by atoms with van der Waals surface area (Å²) in [6, 6.07) is 17.0. The van der Waals surface area contributed by atoms with E-state index in [0.29, 0.717) is 12.5 Å². The second-order valence-electron chi connectivity index (χ2n) is 9.48. The average Bonchev–Trinajstić information content (AvgIpc) is 2.84. The van der Waals surface area contributed by atoms with Crippen molar-refractivity contribution < 1.29 is 9.53 Å². The number of hydrogen-bond donors (Lipinski definition) is 0. The molecule has 0 radical (unpaired) electrons. The van der Waals surface area contributed by atoms with Gasteiger partial charge in [-0.1, -0.05) is 68.1 Å². The Hall–Kier alpha value is -2.33. The summed E-state index contributed by atoms with van der Waals surface area (Å²) >= 11 is 0. The molecule has 0 aliphatic carbocycles. The van der Waals surface area contributed by atoms with Gasteiger partial charge < -0.3 is 14.5 Å². The lowest BCUT2D eigenvalue weighted by Gasteiger charge is -2.39. The first-order valence-corrected chi connectivity index (χ1v) is 12.8. The van der Waals surface area contributed by atoms with Gasteiger partial charge in [-0.15, -0.1) is 0 Å². The van der Waals surface area contributed by atoms with Crippen LogP contribution >= 0.6 is 0 Å². The van der Waals surface area contributed by atoms with Crippen molar-refractivity contribution in [2.45, 2.75) is 71.3 Å². The number of amides is 1. The van der Waals surface area contributed by atoms with E-state index >= 15 is 0 Å². The molecule has 1 fully saturated rings. The first-order chi connectivity index (χ1) is 16.1. The molecule has 0 atom stereocenters. The quantitative estimate of drug-likeness (QED) is 0.391. The van der Waals surface area contributed by atoms with Gasteiger partial charge in [0.25, 0.3) is 0 Å². The van der Waals surface area contributed by atoms with E-state index in [2.05, 4.69) is 47.9 Å². The maximum absolute atomic E-state index is 13.4. The van der Waals surface area contributed by atoms with Gasteiger partial charge in [0.05, 0.1) is 13.5 Å². The molecule has 2 aromatic rings. The third-order valence-electron chi connectivity index (χ3n) is 6.92. The molecule has 180 valence electrons. The third-order valence-corrected chi connectivity index (χ3v) is 6.92. The number of unbranched alkanes of at least 4 members (excludes halogenated alkanes) is 3. The lowest BCUT2D eigenvalue weighted by atomic mass is 10.00. The topological polar surface area (TPSA) is 32.8 Å². The van der Waals surface area contributed by atoms with Crippen LogP contribution in [0.15, 0.2) is 48.5 Å². The van der Waals surface area contributed by atoms with Gasteiger partial charge in [0.2, 0.25) is 5.91 Å². The number of ether oxygens (including phenoxy) is 1. The van der Waals surface area contributed by atoms with Crippen molar-refractivity contribution in [3.63, 3.8) is 0 Å². The molecule has 1 aliphatic rings. The van der Waals surface area contributed by atoms with Crippen LogP contribution in [0.1, 0.15) is 62.1 Å². The zero-order valence-electron chi connectivity index (χ0n) is 20.9. The molecule has 0 bridgehead atoms. The number of hydrogen-bond acceptors (Lipinski definition) is 3. The molecule has 4 heteroatoms. The molecule has 1 heterocycles. The largest absolute Gasteiger partial charge is 0.497 e. The number of carbonyl (C=O) groups excluding carboxylic acids is 1. The molecule has 0 N–H and O–H groups in total. The van der Waals surface area contributed by atoms with E-state index in [-0.39, 0.29) is 5.91 Å². The van der Waals surface area contributed by atoms with E-state index in [0.717, 1.165) is 50.2 Å². The molecule has 0 unspecified atom stereocenters. The number of methoxy groups -OCH3 is 1. The highest BCUT2D eigenvalue weighted by atomic mass is 16.5. The Kier molecular flexibility index (Phi) is 10.3. The molecule has 1 aliphatic heterocycles. The van der Waals surface area contributed by atoms with Crippen molar-refractivity contribution in [1.82, 2.24) is 9.80 Å². The second kappa shape index (κ2) is 13.4. The normalized spacial score (nSPS) is 14.9. The van der Waals surface area contributed by atoms with E-state index in [1.54, 1.807) is 7.11 Å². The van der Waals surface area contributed by atoms with Crippen LogP contribution in [0.4, 0.5) is 0 Å². The van der Waals surface area contributed by atoms with Gasteiger partial charge in [-0.3, -0.25) is 4.79 Å². The summed E-state index contributed by atoms with van der Waals surface area (Å²) in [6.45, 7) is 8.58. The highest BCUT2D eigenvalue weighted by Gasteiger charge is 2.27. The van der Waals surface area contributed by atoms with Gasteiger partial charge >= 0.3 is 0 Å². The number of benzene rings is 2. The Morgan fingerprint density at radius 3 is 2.27 bits per heavy atom. The van der Waals surface area contributed by atoms with E-state index in [4.69, 9.17) is 4.74 Å². The Balaban J connectivity index is 1.60. The van der Waals surface area contributed by atoms with Crippen molar-refractivity contribution in [1.29, 1.82) is 0 Å². The molecule has 4 nitrogen and oxygen atoms in total. The van der Waals surface area contributed by atoms with Gasteiger partial charge in [0.1, 0.15) is 5.75 Å². The predicted octanol–water partition coefficient (Wildman–Crippen LogP) is 5.66. The van der Waals surface area contributed by atoms with Crippen LogP contribution in [-0.2, 0) is 17.6 Å². The van der Waals surface area contributed by atoms with Crippen LogP contribution in [-0.4, -0.2) is 55.0 Å². The van der Waals surface area contributed by atoms with E-state index in [9.17, 15) is 4.79 Å². The van der Waals surface area contributed by atoms with Crippen molar-refractivity contribution in [2.75, 3.05) is 33.3 Å². The second-order valence-corrected chi connectivity index (χ2v) is 9.48. The first-order valence-electron chi connectivity index (χ1n) is 12.8. The molecule has 0 spiro atoms.